The first-order valence-corrected chi connectivity index (χ1v) is 14.4. The Kier molecular flexibility index (Phi) is 6.05. The number of carbonyl (C=O) groups is 3. The number of nitriles is 1. The summed E-state index contributed by atoms with van der Waals surface area (Å²) in [5, 5.41) is 9.84. The molecule has 7 atom stereocenters. The quantitative estimate of drug-likeness (QED) is 0.316. The van der Waals surface area contributed by atoms with E-state index < -0.39 is 51.2 Å². The Bertz CT molecular complexity index is 1300. The highest BCUT2D eigenvalue weighted by molar-refractivity contribution is 6.04. The fourth-order valence-corrected chi connectivity index (χ4v) is 10.2. The lowest BCUT2D eigenvalue weighted by Crippen LogP contribution is -2.66. The van der Waals surface area contributed by atoms with Crippen LogP contribution in [0.5, 0.6) is 0 Å². The SMILES string of the molecule is CC1(C)CC[C@]2(C(=O)OC(F)(F)F)CC[C@]3(C)C(C(=O)C=C4[C@@]5(C)C=C(C#N)C(=O)C(C)(C)[C@@H]5CC[C@]43C)C2C1. The molecule has 3 saturated carbocycles. The minimum atomic E-state index is -5.08. The normalized spacial score (nSPS) is 43.6. The van der Waals surface area contributed by atoms with Gasteiger partial charge in [-0.2, -0.15) is 5.26 Å². The number of Topliss-reactive ketones (excluding diaryl/α,β-unsaturated/α-hetero) is 1. The molecule has 0 radical (unpaired) electrons. The molecular weight excluding hydrogens is 519 g/mol. The van der Waals surface area contributed by atoms with Crippen molar-refractivity contribution in [2.24, 2.45) is 50.2 Å². The molecule has 0 N–H and O–H groups in total. The van der Waals surface area contributed by atoms with Crippen molar-refractivity contribution >= 4 is 17.5 Å². The lowest BCUT2D eigenvalue weighted by atomic mass is 9.34. The number of rotatable bonds is 1. The van der Waals surface area contributed by atoms with Gasteiger partial charge in [-0.1, -0.05) is 60.1 Å². The van der Waals surface area contributed by atoms with Crippen molar-refractivity contribution in [3.8, 4) is 6.07 Å². The van der Waals surface area contributed by atoms with E-state index in [1.165, 1.54) is 0 Å². The second-order valence-corrected chi connectivity index (χ2v) is 15.2. The van der Waals surface area contributed by atoms with E-state index in [1.54, 1.807) is 12.2 Å². The van der Waals surface area contributed by atoms with Gasteiger partial charge < -0.3 is 4.74 Å². The molecule has 5 rings (SSSR count). The van der Waals surface area contributed by atoms with E-state index in [9.17, 15) is 32.8 Å². The van der Waals surface area contributed by atoms with Gasteiger partial charge in [0, 0.05) is 16.7 Å². The molecule has 5 aliphatic carbocycles. The van der Waals surface area contributed by atoms with Gasteiger partial charge in [0.05, 0.1) is 11.0 Å². The summed E-state index contributed by atoms with van der Waals surface area (Å²) >= 11 is 0. The van der Waals surface area contributed by atoms with Gasteiger partial charge in [-0.05, 0) is 79.1 Å². The van der Waals surface area contributed by atoms with E-state index in [-0.39, 0.29) is 41.3 Å². The van der Waals surface area contributed by atoms with Gasteiger partial charge >= 0.3 is 12.3 Å². The smallest absolute Gasteiger partial charge is 0.372 e. The molecule has 0 aromatic heterocycles. The Morgan fingerprint density at radius 2 is 1.62 bits per heavy atom. The van der Waals surface area contributed by atoms with Gasteiger partial charge in [-0.3, -0.25) is 14.4 Å². The van der Waals surface area contributed by atoms with Crippen LogP contribution < -0.4 is 0 Å². The Morgan fingerprint density at radius 3 is 2.23 bits per heavy atom. The van der Waals surface area contributed by atoms with Crippen LogP contribution in [0.1, 0.15) is 93.4 Å². The summed E-state index contributed by atoms with van der Waals surface area (Å²) in [6.45, 7) is 14.1. The highest BCUT2D eigenvalue weighted by atomic mass is 19.4. The van der Waals surface area contributed by atoms with Crippen LogP contribution in [0.3, 0.4) is 0 Å². The largest absolute Gasteiger partial charge is 0.575 e. The lowest BCUT2D eigenvalue weighted by Gasteiger charge is -2.68. The number of ketones is 2. The van der Waals surface area contributed by atoms with Gasteiger partial charge in [-0.25, -0.2) is 0 Å². The van der Waals surface area contributed by atoms with Crippen molar-refractivity contribution in [1.82, 2.24) is 0 Å². The summed E-state index contributed by atoms with van der Waals surface area (Å²) in [4.78, 5) is 40.8. The molecular formula is C32H40F3NO4. The van der Waals surface area contributed by atoms with E-state index in [0.29, 0.717) is 32.1 Å². The number of halogens is 3. The number of alkyl halides is 3. The number of nitrogens with zero attached hydrogens (tertiary/aromatic N) is 1. The second kappa shape index (κ2) is 8.32. The summed E-state index contributed by atoms with van der Waals surface area (Å²) in [5.74, 6) is -2.90. The molecule has 0 saturated heterocycles. The predicted molar refractivity (Wildman–Crippen MR) is 141 cm³/mol. The number of hydrogen-bond acceptors (Lipinski definition) is 5. The Morgan fingerprint density at radius 1 is 1.00 bits per heavy atom. The number of esters is 1. The van der Waals surface area contributed by atoms with Gasteiger partial charge in [0.1, 0.15) is 6.07 Å². The van der Waals surface area contributed by atoms with E-state index in [0.717, 1.165) is 5.57 Å². The van der Waals surface area contributed by atoms with Gasteiger partial charge in [0.2, 0.25) is 0 Å². The van der Waals surface area contributed by atoms with Crippen molar-refractivity contribution in [1.29, 1.82) is 5.26 Å². The number of ether oxygens (including phenoxy) is 1. The third-order valence-corrected chi connectivity index (χ3v) is 12.5. The van der Waals surface area contributed by atoms with Crippen molar-refractivity contribution < 1.29 is 32.3 Å². The molecule has 0 amide bonds. The summed E-state index contributed by atoms with van der Waals surface area (Å²) in [6.07, 6.45) is 1.75. The number of fused-ring (bicyclic) bond motifs is 7. The monoisotopic (exact) mass is 559 g/mol. The molecule has 0 aromatic carbocycles. The topological polar surface area (TPSA) is 84.2 Å². The van der Waals surface area contributed by atoms with Crippen molar-refractivity contribution in [2.45, 2.75) is 99.8 Å². The molecule has 0 spiro atoms. The molecule has 0 aromatic rings. The van der Waals surface area contributed by atoms with Crippen LogP contribution in [0.4, 0.5) is 13.2 Å². The first-order chi connectivity index (χ1) is 18.2. The molecule has 5 nitrogen and oxygen atoms in total. The standard InChI is InChI=1S/C32H40F3NO4/c1-26(2)10-12-31(25(39)40-32(33,34)35)13-11-30(7)23(19(31)16-26)20(37)14-22-28(5)15-18(17-36)24(38)27(3,4)21(28)8-9-29(22,30)6/h14-15,19,21,23H,8-13,16H2,1-7H3/t19?,21-,23?,28-,29+,30+,31-/m0/s1. The molecule has 218 valence electrons. The Labute approximate surface area is 234 Å². The predicted octanol–water partition coefficient (Wildman–Crippen LogP) is 7.27. The number of allylic oxidation sites excluding steroid dienone is 4. The molecule has 8 heteroatoms. The molecule has 40 heavy (non-hydrogen) atoms. The van der Waals surface area contributed by atoms with Crippen molar-refractivity contribution in [3.63, 3.8) is 0 Å². The highest BCUT2D eigenvalue weighted by Crippen LogP contribution is 2.74. The summed E-state index contributed by atoms with van der Waals surface area (Å²) in [5.41, 5.74) is -3.18. The minimum Gasteiger partial charge on any atom is -0.372 e. The molecule has 5 aliphatic rings. The summed E-state index contributed by atoms with van der Waals surface area (Å²) in [7, 11) is 0. The van der Waals surface area contributed by atoms with Crippen LogP contribution in [0.15, 0.2) is 23.3 Å². The van der Waals surface area contributed by atoms with Gasteiger partial charge in [0.25, 0.3) is 0 Å². The van der Waals surface area contributed by atoms with E-state index >= 15 is 0 Å². The third-order valence-electron chi connectivity index (χ3n) is 12.5. The zero-order valence-electron chi connectivity index (χ0n) is 24.6. The maximum atomic E-state index is 14.3. The third kappa shape index (κ3) is 3.67. The van der Waals surface area contributed by atoms with Crippen LogP contribution >= 0.6 is 0 Å². The fraction of sp³-hybridized carbons (Fsp3) is 0.750. The Balaban J connectivity index is 1.68. The highest BCUT2D eigenvalue weighted by Gasteiger charge is 2.71. The van der Waals surface area contributed by atoms with Crippen LogP contribution in [0, 0.1) is 61.6 Å². The van der Waals surface area contributed by atoms with E-state index in [4.69, 9.17) is 0 Å². The minimum absolute atomic E-state index is 0.102. The van der Waals surface area contributed by atoms with E-state index in [1.807, 2.05) is 20.8 Å². The average molecular weight is 560 g/mol. The maximum absolute atomic E-state index is 14.3. The van der Waals surface area contributed by atoms with Crippen molar-refractivity contribution in [2.75, 3.05) is 0 Å². The van der Waals surface area contributed by atoms with Gasteiger partial charge in [-0.15, -0.1) is 13.2 Å². The fourth-order valence-electron chi connectivity index (χ4n) is 10.2. The van der Waals surface area contributed by atoms with Crippen LogP contribution in [0.25, 0.3) is 0 Å². The average Bonchev–Trinajstić information content (AvgIpc) is 2.81. The number of hydrogen-bond donors (Lipinski definition) is 0. The molecule has 0 bridgehead atoms. The Hall–Kier alpha value is -2.43. The summed E-state index contributed by atoms with van der Waals surface area (Å²) in [6, 6.07) is 2.09. The summed E-state index contributed by atoms with van der Waals surface area (Å²) < 4.78 is 44.0. The molecule has 3 fully saturated rings. The molecule has 2 unspecified atom stereocenters. The zero-order chi connectivity index (χ0) is 29.9. The first-order valence-electron chi connectivity index (χ1n) is 14.4. The van der Waals surface area contributed by atoms with Crippen LogP contribution in [-0.2, 0) is 19.1 Å². The van der Waals surface area contributed by atoms with Gasteiger partial charge in [0.15, 0.2) is 11.6 Å². The molecule has 0 aliphatic heterocycles. The lowest BCUT2D eigenvalue weighted by molar-refractivity contribution is -0.315. The van der Waals surface area contributed by atoms with E-state index in [2.05, 4.69) is 38.5 Å². The molecule has 0 heterocycles. The second-order valence-electron chi connectivity index (χ2n) is 15.2. The van der Waals surface area contributed by atoms with Crippen molar-refractivity contribution in [3.05, 3.63) is 23.3 Å². The van der Waals surface area contributed by atoms with Crippen LogP contribution in [0.2, 0.25) is 0 Å². The number of carbonyl (C=O) groups excluding carboxylic acids is 3. The maximum Gasteiger partial charge on any atom is 0.575 e. The first kappa shape index (κ1) is 29.1. The zero-order valence-corrected chi connectivity index (χ0v) is 24.6. The van der Waals surface area contributed by atoms with Crippen LogP contribution in [-0.4, -0.2) is 23.9 Å².